The van der Waals surface area contributed by atoms with Crippen molar-refractivity contribution in [3.05, 3.63) is 35.9 Å². The molecule has 1 aromatic rings. The molecule has 0 heterocycles. The molecule has 0 aliphatic heterocycles. The van der Waals surface area contributed by atoms with E-state index in [0.717, 1.165) is 11.8 Å². The van der Waals surface area contributed by atoms with Gasteiger partial charge >= 0.3 is 5.97 Å². The van der Waals surface area contributed by atoms with Crippen molar-refractivity contribution in [1.29, 1.82) is 0 Å². The molecule has 0 unspecified atom stereocenters. The largest absolute Gasteiger partial charge is 0.460 e. The number of carbonyl (C=O) groups excluding carboxylic acids is 2. The summed E-state index contributed by atoms with van der Waals surface area (Å²) in [5.74, 6) is 0.179. The lowest BCUT2D eigenvalue weighted by Gasteiger charge is -2.19. The molecule has 0 aromatic heterocycles. The third-order valence-electron chi connectivity index (χ3n) is 1.97. The Labute approximate surface area is 112 Å². The lowest BCUT2D eigenvalue weighted by atomic mass is 10.2. The number of esters is 1. The number of benzene rings is 1. The van der Waals surface area contributed by atoms with Crippen molar-refractivity contribution in [3.8, 4) is 0 Å². The molecule has 0 bridgehead atoms. The Morgan fingerprint density at radius 1 is 1.17 bits per heavy atom. The Hall–Kier alpha value is -1.29. The summed E-state index contributed by atoms with van der Waals surface area (Å²) >= 11 is 1.14. The summed E-state index contributed by atoms with van der Waals surface area (Å²) in [6, 6.07) is 9.04. The second-order valence-corrected chi connectivity index (χ2v) is 5.91. The predicted molar refractivity (Wildman–Crippen MR) is 73.7 cm³/mol. The lowest BCUT2D eigenvalue weighted by Crippen LogP contribution is -2.24. The van der Waals surface area contributed by atoms with E-state index in [-0.39, 0.29) is 17.5 Å². The minimum Gasteiger partial charge on any atom is -0.460 e. The van der Waals surface area contributed by atoms with E-state index in [9.17, 15) is 9.59 Å². The molecular weight excluding hydrogens is 248 g/mol. The molecule has 0 saturated carbocycles. The first-order valence-electron chi connectivity index (χ1n) is 5.82. The lowest BCUT2D eigenvalue weighted by molar-refractivity contribution is -0.154. The monoisotopic (exact) mass is 266 g/mol. The van der Waals surface area contributed by atoms with Crippen LogP contribution in [0.25, 0.3) is 0 Å². The summed E-state index contributed by atoms with van der Waals surface area (Å²) in [7, 11) is 0. The van der Waals surface area contributed by atoms with Crippen molar-refractivity contribution in [3.63, 3.8) is 0 Å². The molecule has 3 nitrogen and oxygen atoms in total. The van der Waals surface area contributed by atoms with E-state index >= 15 is 0 Å². The Balaban J connectivity index is 2.30. The summed E-state index contributed by atoms with van der Waals surface area (Å²) in [6.07, 6.45) is 0.251. The molecule has 0 N–H and O–H groups in total. The Kier molecular flexibility index (Phi) is 5.41. The van der Waals surface area contributed by atoms with E-state index in [2.05, 4.69) is 0 Å². The molecule has 1 rings (SSSR count). The maximum atomic E-state index is 11.7. The summed E-state index contributed by atoms with van der Waals surface area (Å²) in [6.45, 7) is 5.48. The molecule has 1 aromatic carbocycles. The highest BCUT2D eigenvalue weighted by molar-refractivity contribution is 8.14. The van der Waals surface area contributed by atoms with E-state index in [1.165, 1.54) is 0 Å². The topological polar surface area (TPSA) is 43.4 Å². The molecule has 0 radical (unpaired) electrons. The molecule has 0 atom stereocenters. The Morgan fingerprint density at radius 2 is 1.78 bits per heavy atom. The van der Waals surface area contributed by atoms with Crippen LogP contribution in [0.2, 0.25) is 0 Å². The van der Waals surface area contributed by atoms with Crippen LogP contribution < -0.4 is 0 Å². The van der Waals surface area contributed by atoms with Crippen LogP contribution >= 0.6 is 11.8 Å². The number of thioether (sulfide) groups is 1. The van der Waals surface area contributed by atoms with Gasteiger partial charge in [0.15, 0.2) is 0 Å². The van der Waals surface area contributed by atoms with E-state index in [0.29, 0.717) is 11.3 Å². The van der Waals surface area contributed by atoms with Crippen LogP contribution in [0.15, 0.2) is 30.3 Å². The smallest absolute Gasteiger partial charge is 0.307 e. The molecule has 0 aliphatic carbocycles. The fourth-order valence-electron chi connectivity index (χ4n) is 1.28. The quantitative estimate of drug-likeness (QED) is 0.784. The average Bonchev–Trinajstić information content (AvgIpc) is 2.27. The SMILES string of the molecule is CC(C)(C)OC(=O)CCSC(=O)c1ccccc1. The second-order valence-electron chi connectivity index (χ2n) is 4.84. The fourth-order valence-corrected chi connectivity index (χ4v) is 2.03. The Morgan fingerprint density at radius 3 is 2.33 bits per heavy atom. The minimum atomic E-state index is -0.467. The molecule has 0 saturated heterocycles. The number of hydrogen-bond acceptors (Lipinski definition) is 4. The van der Waals surface area contributed by atoms with Crippen molar-refractivity contribution >= 4 is 22.8 Å². The highest BCUT2D eigenvalue weighted by Crippen LogP contribution is 2.15. The van der Waals surface area contributed by atoms with Gasteiger partial charge in [-0.25, -0.2) is 0 Å². The number of carbonyl (C=O) groups is 2. The van der Waals surface area contributed by atoms with E-state index < -0.39 is 5.60 Å². The molecule has 0 spiro atoms. The highest BCUT2D eigenvalue weighted by Gasteiger charge is 2.16. The van der Waals surface area contributed by atoms with Crippen LogP contribution in [-0.4, -0.2) is 22.4 Å². The maximum absolute atomic E-state index is 11.7. The standard InChI is InChI=1S/C14H18O3S/c1-14(2,3)17-12(15)9-10-18-13(16)11-7-5-4-6-8-11/h4-8H,9-10H2,1-3H3. The zero-order valence-corrected chi connectivity index (χ0v) is 11.8. The molecule has 0 amide bonds. The van der Waals surface area contributed by atoms with Crippen LogP contribution in [0, 0.1) is 0 Å². The number of rotatable bonds is 4. The normalized spacial score (nSPS) is 11.1. The first-order chi connectivity index (χ1) is 8.38. The van der Waals surface area contributed by atoms with Gasteiger partial charge in [-0.1, -0.05) is 42.1 Å². The third-order valence-corrected chi connectivity index (χ3v) is 2.87. The van der Waals surface area contributed by atoms with Crippen LogP contribution in [0.5, 0.6) is 0 Å². The van der Waals surface area contributed by atoms with Gasteiger partial charge < -0.3 is 4.74 Å². The summed E-state index contributed by atoms with van der Waals surface area (Å²) in [5, 5.41) is -0.0147. The number of ether oxygens (including phenoxy) is 1. The van der Waals surface area contributed by atoms with Crippen LogP contribution in [-0.2, 0) is 9.53 Å². The summed E-state index contributed by atoms with van der Waals surface area (Å²) in [5.41, 5.74) is 0.192. The van der Waals surface area contributed by atoms with Gasteiger partial charge in [-0.05, 0) is 20.8 Å². The number of hydrogen-bond donors (Lipinski definition) is 0. The predicted octanol–water partition coefficient (Wildman–Crippen LogP) is 3.29. The summed E-state index contributed by atoms with van der Waals surface area (Å²) in [4.78, 5) is 23.2. The molecule has 4 heteroatoms. The highest BCUT2D eigenvalue weighted by atomic mass is 32.2. The molecule has 98 valence electrons. The van der Waals surface area contributed by atoms with Crippen molar-refractivity contribution in [2.75, 3.05) is 5.75 Å². The van der Waals surface area contributed by atoms with E-state index in [1.54, 1.807) is 12.1 Å². The van der Waals surface area contributed by atoms with E-state index in [1.807, 2.05) is 39.0 Å². The zero-order chi connectivity index (χ0) is 13.6. The van der Waals surface area contributed by atoms with Crippen molar-refractivity contribution in [2.24, 2.45) is 0 Å². The van der Waals surface area contributed by atoms with Crippen LogP contribution in [0.1, 0.15) is 37.6 Å². The van der Waals surface area contributed by atoms with Crippen molar-refractivity contribution in [2.45, 2.75) is 32.8 Å². The van der Waals surface area contributed by atoms with Gasteiger partial charge in [-0.2, -0.15) is 0 Å². The van der Waals surface area contributed by atoms with Gasteiger partial charge in [0.05, 0.1) is 6.42 Å². The van der Waals surface area contributed by atoms with Gasteiger partial charge in [-0.15, -0.1) is 0 Å². The third kappa shape index (κ3) is 5.87. The second kappa shape index (κ2) is 6.59. The Bertz CT molecular complexity index is 407. The van der Waals surface area contributed by atoms with Gasteiger partial charge in [0, 0.05) is 11.3 Å². The van der Waals surface area contributed by atoms with Crippen LogP contribution in [0.4, 0.5) is 0 Å². The van der Waals surface area contributed by atoms with Gasteiger partial charge in [0.2, 0.25) is 5.12 Å². The maximum Gasteiger partial charge on any atom is 0.307 e. The first-order valence-corrected chi connectivity index (χ1v) is 6.81. The van der Waals surface area contributed by atoms with Crippen molar-refractivity contribution in [1.82, 2.24) is 0 Å². The van der Waals surface area contributed by atoms with Gasteiger partial charge in [0.25, 0.3) is 0 Å². The van der Waals surface area contributed by atoms with Gasteiger partial charge in [0.1, 0.15) is 5.60 Å². The first kappa shape index (κ1) is 14.8. The molecular formula is C14H18O3S. The van der Waals surface area contributed by atoms with Gasteiger partial charge in [-0.3, -0.25) is 9.59 Å². The molecule has 0 fully saturated rings. The zero-order valence-electron chi connectivity index (χ0n) is 10.9. The van der Waals surface area contributed by atoms with E-state index in [4.69, 9.17) is 4.74 Å². The fraction of sp³-hybridized carbons (Fsp3) is 0.429. The van der Waals surface area contributed by atoms with Crippen LogP contribution in [0.3, 0.4) is 0 Å². The molecule has 18 heavy (non-hydrogen) atoms. The summed E-state index contributed by atoms with van der Waals surface area (Å²) < 4.78 is 5.16. The minimum absolute atomic E-state index is 0.0147. The van der Waals surface area contributed by atoms with Crippen molar-refractivity contribution < 1.29 is 14.3 Å². The average molecular weight is 266 g/mol. The molecule has 0 aliphatic rings.